The van der Waals surface area contributed by atoms with Crippen molar-refractivity contribution >= 4 is 0 Å². The van der Waals surface area contributed by atoms with Gasteiger partial charge in [0.2, 0.25) is 0 Å². The van der Waals surface area contributed by atoms with Crippen molar-refractivity contribution in [1.82, 2.24) is 10.2 Å². The SMILES string of the molecule is CCC(CC#N)N1CC2CCCNC2C1. The molecule has 0 saturated carbocycles. The molecule has 3 unspecified atom stereocenters. The summed E-state index contributed by atoms with van der Waals surface area (Å²) in [7, 11) is 0. The highest BCUT2D eigenvalue weighted by Crippen LogP contribution is 2.27. The predicted octanol–water partition coefficient (Wildman–Crippen LogP) is 1.36. The molecule has 0 amide bonds. The molecule has 0 aromatic carbocycles. The molecule has 2 aliphatic rings. The second-order valence-electron chi connectivity index (χ2n) is 4.84. The van der Waals surface area contributed by atoms with Crippen LogP contribution in [-0.4, -0.2) is 36.6 Å². The maximum atomic E-state index is 8.79. The Morgan fingerprint density at radius 1 is 1.53 bits per heavy atom. The third kappa shape index (κ3) is 2.32. The molecular formula is C12H21N3. The van der Waals surface area contributed by atoms with Gasteiger partial charge < -0.3 is 5.32 Å². The van der Waals surface area contributed by atoms with E-state index < -0.39 is 0 Å². The minimum Gasteiger partial charge on any atom is -0.312 e. The van der Waals surface area contributed by atoms with E-state index in [1.165, 1.54) is 25.9 Å². The van der Waals surface area contributed by atoms with Crippen molar-refractivity contribution < 1.29 is 0 Å². The van der Waals surface area contributed by atoms with Crippen LogP contribution in [0.3, 0.4) is 0 Å². The van der Waals surface area contributed by atoms with E-state index in [9.17, 15) is 0 Å². The summed E-state index contributed by atoms with van der Waals surface area (Å²) in [5.41, 5.74) is 0. The summed E-state index contributed by atoms with van der Waals surface area (Å²) in [6, 6.07) is 3.50. The monoisotopic (exact) mass is 207 g/mol. The third-order valence-electron chi connectivity index (χ3n) is 3.94. The molecule has 2 rings (SSSR count). The van der Waals surface area contributed by atoms with Crippen LogP contribution in [0.5, 0.6) is 0 Å². The van der Waals surface area contributed by atoms with Crippen molar-refractivity contribution in [2.75, 3.05) is 19.6 Å². The number of hydrogen-bond donors (Lipinski definition) is 1. The normalized spacial score (nSPS) is 33.3. The highest BCUT2D eigenvalue weighted by atomic mass is 15.2. The topological polar surface area (TPSA) is 39.1 Å². The lowest BCUT2D eigenvalue weighted by atomic mass is 9.94. The van der Waals surface area contributed by atoms with Gasteiger partial charge >= 0.3 is 0 Å². The van der Waals surface area contributed by atoms with Crippen LogP contribution in [0.2, 0.25) is 0 Å². The number of rotatable bonds is 3. The van der Waals surface area contributed by atoms with Gasteiger partial charge in [-0.1, -0.05) is 6.92 Å². The molecule has 2 fully saturated rings. The van der Waals surface area contributed by atoms with Gasteiger partial charge in [-0.2, -0.15) is 5.26 Å². The molecule has 84 valence electrons. The van der Waals surface area contributed by atoms with E-state index in [1.807, 2.05) is 0 Å². The Hall–Kier alpha value is -0.590. The van der Waals surface area contributed by atoms with Crippen LogP contribution in [0.1, 0.15) is 32.6 Å². The first-order valence-electron chi connectivity index (χ1n) is 6.19. The fraction of sp³-hybridized carbons (Fsp3) is 0.917. The summed E-state index contributed by atoms with van der Waals surface area (Å²) in [5.74, 6) is 0.839. The zero-order chi connectivity index (χ0) is 10.7. The van der Waals surface area contributed by atoms with E-state index in [1.54, 1.807) is 0 Å². The fourth-order valence-corrected chi connectivity index (χ4v) is 3.02. The van der Waals surface area contributed by atoms with Gasteiger partial charge in [0.1, 0.15) is 0 Å². The Labute approximate surface area is 92.4 Å². The van der Waals surface area contributed by atoms with Crippen LogP contribution in [0.25, 0.3) is 0 Å². The highest BCUT2D eigenvalue weighted by molar-refractivity contribution is 4.95. The molecular weight excluding hydrogens is 186 g/mol. The van der Waals surface area contributed by atoms with Crippen molar-refractivity contribution in [3.05, 3.63) is 0 Å². The Kier molecular flexibility index (Phi) is 3.61. The first-order chi connectivity index (χ1) is 7.35. The van der Waals surface area contributed by atoms with Crippen molar-refractivity contribution in [3.63, 3.8) is 0 Å². The number of nitrogens with zero attached hydrogens (tertiary/aromatic N) is 2. The molecule has 15 heavy (non-hydrogen) atoms. The Bertz CT molecular complexity index is 232. The first kappa shape index (κ1) is 10.9. The van der Waals surface area contributed by atoms with Gasteiger partial charge in [0.25, 0.3) is 0 Å². The summed E-state index contributed by atoms with van der Waals surface area (Å²) in [4.78, 5) is 2.52. The van der Waals surface area contributed by atoms with Crippen LogP contribution in [0.4, 0.5) is 0 Å². The Balaban J connectivity index is 1.92. The van der Waals surface area contributed by atoms with Crippen molar-refractivity contribution in [2.45, 2.75) is 44.7 Å². The second kappa shape index (κ2) is 4.96. The molecule has 0 spiro atoms. The van der Waals surface area contributed by atoms with Gasteiger partial charge in [0, 0.05) is 25.2 Å². The predicted molar refractivity (Wildman–Crippen MR) is 60.4 cm³/mol. The van der Waals surface area contributed by atoms with Gasteiger partial charge in [0.05, 0.1) is 12.5 Å². The lowest BCUT2D eigenvalue weighted by Crippen LogP contribution is -2.41. The zero-order valence-corrected chi connectivity index (χ0v) is 9.58. The number of piperidine rings is 1. The number of fused-ring (bicyclic) bond motifs is 1. The molecule has 3 heteroatoms. The summed E-state index contributed by atoms with van der Waals surface area (Å²) in [6.07, 6.45) is 4.49. The van der Waals surface area contributed by atoms with E-state index >= 15 is 0 Å². The molecule has 3 atom stereocenters. The van der Waals surface area contributed by atoms with Crippen molar-refractivity contribution in [1.29, 1.82) is 5.26 Å². The third-order valence-corrected chi connectivity index (χ3v) is 3.94. The average molecular weight is 207 g/mol. The van der Waals surface area contributed by atoms with E-state index in [4.69, 9.17) is 5.26 Å². The average Bonchev–Trinajstić information content (AvgIpc) is 2.69. The summed E-state index contributed by atoms with van der Waals surface area (Å²) in [6.45, 7) is 5.74. The van der Waals surface area contributed by atoms with Crippen LogP contribution in [0, 0.1) is 17.2 Å². The molecule has 2 heterocycles. The smallest absolute Gasteiger partial charge is 0.0638 e. The molecule has 0 bridgehead atoms. The zero-order valence-electron chi connectivity index (χ0n) is 9.58. The summed E-state index contributed by atoms with van der Waals surface area (Å²) in [5, 5.41) is 12.4. The van der Waals surface area contributed by atoms with E-state index in [2.05, 4.69) is 23.2 Å². The number of likely N-dealkylation sites (tertiary alicyclic amines) is 1. The lowest BCUT2D eigenvalue weighted by Gasteiger charge is -2.25. The van der Waals surface area contributed by atoms with Gasteiger partial charge in [0.15, 0.2) is 0 Å². The maximum absolute atomic E-state index is 8.79. The molecule has 3 nitrogen and oxygen atoms in total. The molecule has 0 aliphatic carbocycles. The first-order valence-corrected chi connectivity index (χ1v) is 6.19. The maximum Gasteiger partial charge on any atom is 0.0638 e. The number of nitriles is 1. The second-order valence-corrected chi connectivity index (χ2v) is 4.84. The van der Waals surface area contributed by atoms with E-state index in [0.29, 0.717) is 18.5 Å². The Morgan fingerprint density at radius 2 is 2.40 bits per heavy atom. The van der Waals surface area contributed by atoms with Crippen LogP contribution >= 0.6 is 0 Å². The standard InChI is InChI=1S/C12H21N3/c1-2-11(5-6-13)15-8-10-4-3-7-14-12(10)9-15/h10-12,14H,2-5,7-9H2,1H3. The number of nitrogens with one attached hydrogen (secondary N) is 1. The molecule has 0 aromatic heterocycles. The minimum absolute atomic E-state index is 0.488. The number of hydrogen-bond acceptors (Lipinski definition) is 3. The molecule has 0 aromatic rings. The highest BCUT2D eigenvalue weighted by Gasteiger charge is 2.36. The Morgan fingerprint density at radius 3 is 3.07 bits per heavy atom. The van der Waals surface area contributed by atoms with Gasteiger partial charge in [-0.05, 0) is 31.7 Å². The largest absolute Gasteiger partial charge is 0.312 e. The van der Waals surface area contributed by atoms with Crippen LogP contribution in [0.15, 0.2) is 0 Å². The van der Waals surface area contributed by atoms with E-state index in [0.717, 1.165) is 18.9 Å². The van der Waals surface area contributed by atoms with Gasteiger partial charge in [-0.3, -0.25) is 4.90 Å². The lowest BCUT2D eigenvalue weighted by molar-refractivity contribution is 0.228. The molecule has 1 N–H and O–H groups in total. The van der Waals surface area contributed by atoms with Gasteiger partial charge in [-0.25, -0.2) is 0 Å². The van der Waals surface area contributed by atoms with Gasteiger partial charge in [-0.15, -0.1) is 0 Å². The fourth-order valence-electron chi connectivity index (χ4n) is 3.02. The summed E-state index contributed by atoms with van der Waals surface area (Å²) < 4.78 is 0. The molecule has 2 saturated heterocycles. The molecule has 0 radical (unpaired) electrons. The van der Waals surface area contributed by atoms with E-state index in [-0.39, 0.29) is 0 Å². The van der Waals surface area contributed by atoms with Crippen LogP contribution < -0.4 is 5.32 Å². The quantitative estimate of drug-likeness (QED) is 0.759. The van der Waals surface area contributed by atoms with Crippen molar-refractivity contribution in [2.24, 2.45) is 5.92 Å². The summed E-state index contributed by atoms with van der Waals surface area (Å²) >= 11 is 0. The van der Waals surface area contributed by atoms with Crippen molar-refractivity contribution in [3.8, 4) is 6.07 Å². The van der Waals surface area contributed by atoms with Crippen LogP contribution in [-0.2, 0) is 0 Å². The minimum atomic E-state index is 0.488. The molecule has 2 aliphatic heterocycles.